The van der Waals surface area contributed by atoms with Crippen LogP contribution in [0, 0.1) is 5.92 Å². The molecule has 1 atom stereocenters. The maximum atomic E-state index is 11.7. The lowest BCUT2D eigenvalue weighted by Gasteiger charge is -2.16. The van der Waals surface area contributed by atoms with Crippen molar-refractivity contribution >= 4 is 23.3 Å². The highest BCUT2D eigenvalue weighted by molar-refractivity contribution is 5.94. The minimum atomic E-state index is -0.380. The van der Waals surface area contributed by atoms with Gasteiger partial charge in [-0.3, -0.25) is 4.79 Å². The first kappa shape index (κ1) is 14.4. The molecule has 0 saturated heterocycles. The second kappa shape index (κ2) is 6.41. The molecule has 5 heteroatoms. The number of nitrogens with one attached hydrogen (secondary N) is 2. The minimum absolute atomic E-state index is 0.0714. The van der Waals surface area contributed by atoms with Crippen molar-refractivity contribution in [3.63, 3.8) is 0 Å². The highest BCUT2D eigenvalue weighted by Gasteiger charge is 2.29. The van der Waals surface area contributed by atoms with E-state index in [2.05, 4.69) is 10.6 Å². The lowest BCUT2D eigenvalue weighted by atomic mass is 10.2. The number of hydrogen-bond acceptors (Lipinski definition) is 4. The van der Waals surface area contributed by atoms with E-state index in [1.807, 2.05) is 31.2 Å². The summed E-state index contributed by atoms with van der Waals surface area (Å²) in [7, 11) is 1.37. The summed E-state index contributed by atoms with van der Waals surface area (Å²) < 4.78 is 4.74. The fourth-order valence-corrected chi connectivity index (χ4v) is 1.95. The van der Waals surface area contributed by atoms with Gasteiger partial charge in [0.2, 0.25) is 5.91 Å². The van der Waals surface area contributed by atoms with Crippen LogP contribution in [0.25, 0.3) is 0 Å². The van der Waals surface area contributed by atoms with Crippen LogP contribution in [-0.4, -0.2) is 25.0 Å². The topological polar surface area (TPSA) is 67.4 Å². The third-order valence-electron chi connectivity index (χ3n) is 3.31. The number of carbonyl (C=O) groups excluding carboxylic acids is 2. The van der Waals surface area contributed by atoms with Crippen LogP contribution in [0.4, 0.5) is 11.4 Å². The van der Waals surface area contributed by atoms with Crippen LogP contribution in [0.2, 0.25) is 0 Å². The molecule has 1 aromatic rings. The van der Waals surface area contributed by atoms with Crippen LogP contribution < -0.4 is 10.6 Å². The van der Waals surface area contributed by atoms with Gasteiger partial charge >= 0.3 is 5.97 Å². The smallest absolute Gasteiger partial charge is 0.328 e. The van der Waals surface area contributed by atoms with E-state index in [-0.39, 0.29) is 23.8 Å². The van der Waals surface area contributed by atoms with E-state index in [1.165, 1.54) is 7.11 Å². The molecule has 0 aromatic heterocycles. The number of anilines is 2. The molecule has 2 N–H and O–H groups in total. The second-order valence-electron chi connectivity index (χ2n) is 4.97. The Labute approximate surface area is 118 Å². The first-order valence-electron chi connectivity index (χ1n) is 6.89. The van der Waals surface area contributed by atoms with Crippen molar-refractivity contribution in [2.75, 3.05) is 17.7 Å². The molecule has 0 bridgehead atoms. The quantitative estimate of drug-likeness (QED) is 0.783. The number of ether oxygens (including phenoxy) is 1. The third kappa shape index (κ3) is 3.73. The molecule has 0 spiro atoms. The predicted molar refractivity (Wildman–Crippen MR) is 77.5 cm³/mol. The van der Waals surface area contributed by atoms with Crippen molar-refractivity contribution < 1.29 is 14.3 Å². The molecule has 5 nitrogen and oxygen atoms in total. The van der Waals surface area contributed by atoms with Crippen molar-refractivity contribution in [1.82, 2.24) is 0 Å². The summed E-state index contributed by atoms with van der Waals surface area (Å²) in [4.78, 5) is 23.3. The molecule has 0 heterocycles. The van der Waals surface area contributed by atoms with Crippen molar-refractivity contribution in [2.24, 2.45) is 5.92 Å². The van der Waals surface area contributed by atoms with Gasteiger partial charge in [-0.25, -0.2) is 4.79 Å². The lowest BCUT2D eigenvalue weighted by molar-refractivity contribution is -0.141. The second-order valence-corrected chi connectivity index (χ2v) is 4.97. The molecule has 20 heavy (non-hydrogen) atoms. The van der Waals surface area contributed by atoms with Gasteiger partial charge in [0.1, 0.15) is 6.04 Å². The van der Waals surface area contributed by atoms with E-state index in [0.29, 0.717) is 6.42 Å². The van der Waals surface area contributed by atoms with E-state index in [9.17, 15) is 9.59 Å². The van der Waals surface area contributed by atoms with Crippen molar-refractivity contribution in [2.45, 2.75) is 32.2 Å². The van der Waals surface area contributed by atoms with E-state index >= 15 is 0 Å². The van der Waals surface area contributed by atoms with Gasteiger partial charge < -0.3 is 15.4 Å². The Morgan fingerprint density at radius 1 is 1.35 bits per heavy atom. The van der Waals surface area contributed by atoms with E-state index in [1.54, 1.807) is 0 Å². The number of esters is 1. The first-order chi connectivity index (χ1) is 9.63. The molecular formula is C15H20N2O3. The fraction of sp³-hybridized carbons (Fsp3) is 0.467. The summed E-state index contributed by atoms with van der Waals surface area (Å²) in [6, 6.07) is 6.98. The van der Waals surface area contributed by atoms with E-state index in [0.717, 1.165) is 24.2 Å². The van der Waals surface area contributed by atoms with Gasteiger partial charge in [-0.1, -0.05) is 13.0 Å². The summed E-state index contributed by atoms with van der Waals surface area (Å²) in [5, 5.41) is 6.00. The number of rotatable bonds is 6. The molecule has 2 rings (SSSR count). The van der Waals surface area contributed by atoms with E-state index in [4.69, 9.17) is 4.74 Å². The first-order valence-corrected chi connectivity index (χ1v) is 6.89. The molecule has 1 aliphatic rings. The molecule has 0 aliphatic heterocycles. The van der Waals surface area contributed by atoms with Crippen LogP contribution in [0.15, 0.2) is 24.3 Å². The highest BCUT2D eigenvalue weighted by atomic mass is 16.5. The Morgan fingerprint density at radius 3 is 2.65 bits per heavy atom. The van der Waals surface area contributed by atoms with Gasteiger partial charge in [-0.2, -0.15) is 0 Å². The monoisotopic (exact) mass is 276 g/mol. The summed E-state index contributed by atoms with van der Waals surface area (Å²) in [5.74, 6) is -0.0489. The third-order valence-corrected chi connectivity index (χ3v) is 3.31. The molecule has 1 aromatic carbocycles. The summed E-state index contributed by atoms with van der Waals surface area (Å²) >= 11 is 0. The van der Waals surface area contributed by atoms with Gasteiger partial charge in [-0.05, 0) is 37.5 Å². The molecule has 1 fully saturated rings. The summed E-state index contributed by atoms with van der Waals surface area (Å²) in [6.45, 7) is 1.91. The van der Waals surface area contributed by atoms with Gasteiger partial charge in [-0.15, -0.1) is 0 Å². The molecule has 108 valence electrons. The Bertz CT molecular complexity index is 498. The Balaban J connectivity index is 2.00. The molecule has 1 aliphatic carbocycles. The van der Waals surface area contributed by atoms with Gasteiger partial charge in [0.15, 0.2) is 0 Å². The number of benzene rings is 1. The fourth-order valence-electron chi connectivity index (χ4n) is 1.95. The zero-order valence-electron chi connectivity index (χ0n) is 11.8. The van der Waals surface area contributed by atoms with E-state index < -0.39 is 0 Å². The maximum Gasteiger partial charge on any atom is 0.328 e. The van der Waals surface area contributed by atoms with Crippen LogP contribution >= 0.6 is 0 Å². The Morgan fingerprint density at radius 2 is 2.05 bits per heavy atom. The average Bonchev–Trinajstić information content (AvgIpc) is 3.29. The number of amides is 1. The zero-order valence-corrected chi connectivity index (χ0v) is 11.8. The Hall–Kier alpha value is -2.04. The molecule has 1 saturated carbocycles. The van der Waals surface area contributed by atoms with Gasteiger partial charge in [0.25, 0.3) is 0 Å². The van der Waals surface area contributed by atoms with Crippen LogP contribution in [-0.2, 0) is 14.3 Å². The number of carbonyl (C=O) groups is 2. The SMILES string of the molecule is CCC(Nc1cccc(NC(=O)C2CC2)c1)C(=O)OC. The van der Waals surface area contributed by atoms with Crippen LogP contribution in [0.3, 0.4) is 0 Å². The average molecular weight is 276 g/mol. The van der Waals surface area contributed by atoms with Gasteiger partial charge in [0.05, 0.1) is 7.11 Å². The normalized spacial score (nSPS) is 15.3. The lowest BCUT2D eigenvalue weighted by Crippen LogP contribution is -2.29. The van der Waals surface area contributed by atoms with Gasteiger partial charge in [0, 0.05) is 17.3 Å². The molecule has 0 radical (unpaired) electrons. The van der Waals surface area contributed by atoms with Crippen molar-refractivity contribution in [3.05, 3.63) is 24.3 Å². The maximum absolute atomic E-state index is 11.7. The predicted octanol–water partition coefficient (Wildman–Crippen LogP) is 2.40. The highest BCUT2D eigenvalue weighted by Crippen LogP contribution is 2.30. The Kier molecular flexibility index (Phi) is 4.61. The zero-order chi connectivity index (χ0) is 14.5. The van der Waals surface area contributed by atoms with Crippen LogP contribution in [0.1, 0.15) is 26.2 Å². The minimum Gasteiger partial charge on any atom is -0.467 e. The largest absolute Gasteiger partial charge is 0.467 e. The number of hydrogen-bond donors (Lipinski definition) is 2. The summed E-state index contributed by atoms with van der Waals surface area (Å²) in [6.07, 6.45) is 2.58. The molecule has 1 unspecified atom stereocenters. The molecular weight excluding hydrogens is 256 g/mol. The molecule has 1 amide bonds. The standard InChI is InChI=1S/C15H20N2O3/c1-3-13(15(19)20-2)16-11-5-4-6-12(9-11)17-14(18)10-7-8-10/h4-6,9-10,13,16H,3,7-8H2,1-2H3,(H,17,18). The summed E-state index contributed by atoms with van der Waals surface area (Å²) in [5.41, 5.74) is 1.53. The van der Waals surface area contributed by atoms with Crippen LogP contribution in [0.5, 0.6) is 0 Å². The number of methoxy groups -OCH3 is 1. The van der Waals surface area contributed by atoms with Crippen molar-refractivity contribution in [1.29, 1.82) is 0 Å². The van der Waals surface area contributed by atoms with Crippen molar-refractivity contribution in [3.8, 4) is 0 Å².